The summed E-state index contributed by atoms with van der Waals surface area (Å²) in [5.74, 6) is 1.19. The fraction of sp³-hybridized carbons (Fsp3) is 0.925. The van der Waals surface area contributed by atoms with Crippen LogP contribution in [-0.4, -0.2) is 62.8 Å². The van der Waals surface area contributed by atoms with E-state index in [-0.39, 0.29) is 29.4 Å². The minimum Gasteiger partial charge on any atom is -0.466 e. The lowest BCUT2D eigenvalue weighted by molar-refractivity contribution is -0.155. The number of esters is 3. The lowest BCUT2D eigenvalue weighted by atomic mass is 9.61. The molecule has 3 rings (SSSR count). The predicted octanol–water partition coefficient (Wildman–Crippen LogP) is 9.97. The van der Waals surface area contributed by atoms with Gasteiger partial charge in [0.15, 0.2) is 0 Å². The van der Waals surface area contributed by atoms with Crippen molar-refractivity contribution in [3.8, 4) is 0 Å². The lowest BCUT2D eigenvalue weighted by Gasteiger charge is -2.46. The van der Waals surface area contributed by atoms with Crippen LogP contribution >= 0.6 is 0 Å². The first-order valence-corrected chi connectivity index (χ1v) is 19.9. The largest absolute Gasteiger partial charge is 0.466 e. The monoisotopic (exact) mass is 664 g/mol. The van der Waals surface area contributed by atoms with Crippen LogP contribution in [0.2, 0.25) is 0 Å². The zero-order valence-corrected chi connectivity index (χ0v) is 31.1. The highest BCUT2D eigenvalue weighted by Crippen LogP contribution is 2.50. The van der Waals surface area contributed by atoms with Gasteiger partial charge in [-0.2, -0.15) is 0 Å². The average Bonchev–Trinajstić information content (AvgIpc) is 3.06. The number of unbranched alkanes of at least 4 members (excludes halogenated alkanes) is 8. The van der Waals surface area contributed by atoms with Gasteiger partial charge in [-0.15, -0.1) is 0 Å². The molecule has 3 fully saturated rings. The normalized spacial score (nSPS) is 19.7. The molecule has 0 aliphatic heterocycles. The first-order chi connectivity index (χ1) is 22.7. The molecule has 0 saturated heterocycles. The van der Waals surface area contributed by atoms with Crippen LogP contribution in [0, 0.1) is 17.3 Å². The second kappa shape index (κ2) is 25.4. The van der Waals surface area contributed by atoms with Gasteiger partial charge in [-0.05, 0) is 110 Å². The van der Waals surface area contributed by atoms with E-state index in [1.807, 2.05) is 14.1 Å². The van der Waals surface area contributed by atoms with Crippen molar-refractivity contribution in [2.45, 2.75) is 187 Å². The molecule has 1 unspecified atom stereocenters. The van der Waals surface area contributed by atoms with Gasteiger partial charge in [0.1, 0.15) is 6.10 Å². The molecule has 0 aromatic carbocycles. The molecule has 47 heavy (non-hydrogen) atoms. The summed E-state index contributed by atoms with van der Waals surface area (Å²) in [4.78, 5) is 39.7. The van der Waals surface area contributed by atoms with Crippen molar-refractivity contribution in [2.75, 3.05) is 33.9 Å². The Morgan fingerprint density at radius 3 is 1.85 bits per heavy atom. The molecule has 0 aromatic rings. The highest BCUT2D eigenvalue weighted by atomic mass is 16.5. The maximum atomic E-state index is 12.7. The third-order valence-corrected chi connectivity index (χ3v) is 10.9. The zero-order valence-electron chi connectivity index (χ0n) is 31.1. The van der Waals surface area contributed by atoms with Crippen molar-refractivity contribution in [2.24, 2.45) is 17.3 Å². The number of hydrogen-bond donors (Lipinski definition) is 0. The van der Waals surface area contributed by atoms with Crippen LogP contribution < -0.4 is 0 Å². The third kappa shape index (κ3) is 19.8. The van der Waals surface area contributed by atoms with Gasteiger partial charge in [0.25, 0.3) is 0 Å². The second-order valence-electron chi connectivity index (χ2n) is 15.4. The van der Waals surface area contributed by atoms with Gasteiger partial charge in [0, 0.05) is 24.7 Å². The lowest BCUT2D eigenvalue weighted by Crippen LogP contribution is -2.38. The fourth-order valence-corrected chi connectivity index (χ4v) is 7.57. The van der Waals surface area contributed by atoms with Crippen LogP contribution in [0.5, 0.6) is 0 Å². The van der Waals surface area contributed by atoms with Gasteiger partial charge >= 0.3 is 17.9 Å². The molecule has 0 amide bonds. The molecule has 0 spiro atoms. The van der Waals surface area contributed by atoms with Crippen LogP contribution in [0.15, 0.2) is 0 Å². The molecule has 7 nitrogen and oxygen atoms in total. The molecule has 1 atom stereocenters. The molecule has 0 heterocycles. The van der Waals surface area contributed by atoms with Gasteiger partial charge in [0.2, 0.25) is 0 Å². The molecule has 7 heteroatoms. The number of hydrogen-bond acceptors (Lipinski definition) is 7. The standard InChI is InChI=1S/C40H73NO6/c1-5-7-12-17-34(18-13-8-6-2)27-32-45-37(42)20-15-11-9-10-14-19-36(47-39(44)21-16-31-41(3)4)22-23-38(43)46-33-40-28-24-35(25-29-40)26-30-40/h34-36H,5-33H2,1-4H3. The highest BCUT2D eigenvalue weighted by Gasteiger charge is 2.41. The number of carbonyl (C=O) groups is 3. The molecule has 0 radical (unpaired) electrons. The number of rotatable bonds is 29. The minimum atomic E-state index is -0.250. The zero-order chi connectivity index (χ0) is 34.2. The van der Waals surface area contributed by atoms with Gasteiger partial charge in [-0.1, -0.05) is 84.5 Å². The van der Waals surface area contributed by atoms with Crippen molar-refractivity contribution >= 4 is 17.9 Å². The number of carbonyl (C=O) groups excluding carboxylic acids is 3. The summed E-state index contributed by atoms with van der Waals surface area (Å²) < 4.78 is 17.3. The average molecular weight is 664 g/mol. The van der Waals surface area contributed by atoms with Crippen molar-refractivity contribution in [1.29, 1.82) is 0 Å². The van der Waals surface area contributed by atoms with E-state index < -0.39 is 0 Å². The molecule has 3 aliphatic carbocycles. The van der Waals surface area contributed by atoms with Gasteiger partial charge in [-0.3, -0.25) is 14.4 Å². The van der Waals surface area contributed by atoms with Crippen LogP contribution in [0.25, 0.3) is 0 Å². The number of fused-ring (bicyclic) bond motifs is 3. The Bertz CT molecular complexity index is 813. The van der Waals surface area contributed by atoms with E-state index in [1.165, 1.54) is 89.9 Å². The van der Waals surface area contributed by atoms with Crippen LogP contribution in [0.4, 0.5) is 0 Å². The minimum absolute atomic E-state index is 0.0604. The number of ether oxygens (including phenoxy) is 3. The Labute approximate surface area is 289 Å². The van der Waals surface area contributed by atoms with E-state index in [2.05, 4.69) is 18.7 Å². The second-order valence-corrected chi connectivity index (χ2v) is 15.4. The molecule has 0 aromatic heterocycles. The summed E-state index contributed by atoms with van der Waals surface area (Å²) in [5.41, 5.74) is 0.213. The Morgan fingerprint density at radius 2 is 1.21 bits per heavy atom. The van der Waals surface area contributed by atoms with Crippen LogP contribution in [0.3, 0.4) is 0 Å². The van der Waals surface area contributed by atoms with E-state index in [0.29, 0.717) is 44.8 Å². The van der Waals surface area contributed by atoms with E-state index in [1.54, 1.807) is 0 Å². The highest BCUT2D eigenvalue weighted by molar-refractivity contribution is 5.70. The molecule has 3 aliphatic rings. The third-order valence-electron chi connectivity index (χ3n) is 10.9. The maximum Gasteiger partial charge on any atom is 0.306 e. The van der Waals surface area contributed by atoms with Crippen molar-refractivity contribution in [1.82, 2.24) is 4.90 Å². The first kappa shape index (κ1) is 41.5. The van der Waals surface area contributed by atoms with Crippen molar-refractivity contribution in [3.63, 3.8) is 0 Å². The topological polar surface area (TPSA) is 82.1 Å². The quantitative estimate of drug-likeness (QED) is 0.0447. The molecular weight excluding hydrogens is 590 g/mol. The molecule has 3 saturated carbocycles. The predicted molar refractivity (Wildman–Crippen MR) is 191 cm³/mol. The smallest absolute Gasteiger partial charge is 0.306 e. The Hall–Kier alpha value is -1.63. The van der Waals surface area contributed by atoms with Crippen LogP contribution in [0.1, 0.15) is 181 Å². The van der Waals surface area contributed by atoms with E-state index in [0.717, 1.165) is 63.8 Å². The Balaban J connectivity index is 1.62. The Morgan fingerprint density at radius 1 is 0.638 bits per heavy atom. The van der Waals surface area contributed by atoms with E-state index >= 15 is 0 Å². The summed E-state index contributed by atoms with van der Waals surface area (Å²) in [7, 11) is 4.00. The summed E-state index contributed by atoms with van der Waals surface area (Å²) in [6.07, 6.45) is 26.5. The summed E-state index contributed by atoms with van der Waals surface area (Å²) in [6, 6.07) is 0. The van der Waals surface area contributed by atoms with Gasteiger partial charge < -0.3 is 19.1 Å². The SMILES string of the molecule is CCCCCC(CCCCC)CCOC(=O)CCCCCCCC(CCC(=O)OCC12CCC(CC1)CC2)OC(=O)CCCN(C)C. The first-order valence-electron chi connectivity index (χ1n) is 19.9. The molecular formula is C40H73NO6. The van der Waals surface area contributed by atoms with Crippen LogP contribution in [-0.2, 0) is 28.6 Å². The van der Waals surface area contributed by atoms with Gasteiger partial charge in [0.05, 0.1) is 13.2 Å². The van der Waals surface area contributed by atoms with Crippen molar-refractivity contribution < 1.29 is 28.6 Å². The fourth-order valence-electron chi connectivity index (χ4n) is 7.57. The van der Waals surface area contributed by atoms with E-state index in [4.69, 9.17) is 14.2 Å². The molecule has 0 N–H and O–H groups in total. The summed E-state index contributed by atoms with van der Waals surface area (Å²) >= 11 is 0. The summed E-state index contributed by atoms with van der Waals surface area (Å²) in [6.45, 7) is 6.46. The molecule has 274 valence electrons. The van der Waals surface area contributed by atoms with Crippen molar-refractivity contribution in [3.05, 3.63) is 0 Å². The molecule has 2 bridgehead atoms. The number of nitrogens with zero attached hydrogens (tertiary/aromatic N) is 1. The van der Waals surface area contributed by atoms with Gasteiger partial charge in [-0.25, -0.2) is 0 Å². The maximum absolute atomic E-state index is 12.7. The Kier molecular flexibility index (Phi) is 22.4. The van der Waals surface area contributed by atoms with E-state index in [9.17, 15) is 14.4 Å². The summed E-state index contributed by atoms with van der Waals surface area (Å²) in [5, 5.41) is 0.